The molecule has 1 saturated carbocycles. The Kier molecular flexibility index (Phi) is 10.1. The number of thiophene rings is 1. The van der Waals surface area contributed by atoms with E-state index >= 15 is 0 Å². The third kappa shape index (κ3) is 7.84. The Labute approximate surface area is 221 Å². The van der Waals surface area contributed by atoms with E-state index in [4.69, 9.17) is 39.5 Å². The summed E-state index contributed by atoms with van der Waals surface area (Å²) in [5.41, 5.74) is 0.0647. The molecule has 1 fully saturated rings. The third-order valence-electron chi connectivity index (χ3n) is 6.76. The van der Waals surface area contributed by atoms with Crippen molar-refractivity contribution in [2.24, 2.45) is 11.8 Å². The molecule has 188 valence electrons. The first-order valence-electron chi connectivity index (χ1n) is 11.8. The van der Waals surface area contributed by atoms with Crippen LogP contribution in [0, 0.1) is 11.8 Å². The first-order chi connectivity index (χ1) is 16.1. The molecule has 1 aromatic heterocycles. The van der Waals surface area contributed by atoms with Crippen LogP contribution >= 0.6 is 46.1 Å². The molecule has 0 saturated heterocycles. The summed E-state index contributed by atoms with van der Waals surface area (Å²) in [4.78, 5) is 13.9. The van der Waals surface area contributed by atoms with E-state index in [1.807, 2.05) is 25.1 Å². The number of rotatable bonds is 11. The normalized spacial score (nSPS) is 24.2. The van der Waals surface area contributed by atoms with Crippen LogP contribution < -0.4 is 0 Å². The van der Waals surface area contributed by atoms with Crippen LogP contribution in [0.4, 0.5) is 0 Å². The molecule has 3 rings (SSSR count). The molecule has 1 heterocycles. The number of alkyl halides is 1. The van der Waals surface area contributed by atoms with Crippen LogP contribution in [-0.2, 0) is 17.6 Å². The van der Waals surface area contributed by atoms with Gasteiger partial charge in [0.25, 0.3) is 0 Å². The second-order valence-corrected chi connectivity index (χ2v) is 12.1. The van der Waals surface area contributed by atoms with E-state index < -0.39 is 17.7 Å². The number of hydrogen-bond donors (Lipinski definition) is 2. The van der Waals surface area contributed by atoms with Crippen LogP contribution in [0.15, 0.2) is 30.3 Å². The number of aliphatic hydroxyl groups excluding tert-OH is 1. The van der Waals surface area contributed by atoms with E-state index in [-0.39, 0.29) is 23.8 Å². The Hall–Kier alpha value is -0.820. The van der Waals surface area contributed by atoms with Gasteiger partial charge in [-0.1, -0.05) is 30.1 Å². The highest BCUT2D eigenvalue weighted by atomic mass is 35.5. The van der Waals surface area contributed by atoms with Crippen LogP contribution in [0.3, 0.4) is 0 Å². The van der Waals surface area contributed by atoms with Gasteiger partial charge in [-0.2, -0.15) is 0 Å². The lowest BCUT2D eigenvalue weighted by molar-refractivity contribution is -0.0223. The number of carbonyl (C=O) groups is 1. The predicted octanol–water partition coefficient (Wildman–Crippen LogP) is 6.93. The Morgan fingerprint density at radius 2 is 1.85 bits per heavy atom. The second kappa shape index (κ2) is 12.4. The zero-order valence-electron chi connectivity index (χ0n) is 19.6. The highest BCUT2D eigenvalue weighted by Crippen LogP contribution is 2.42. The van der Waals surface area contributed by atoms with Crippen molar-refractivity contribution in [3.05, 3.63) is 55.7 Å². The molecule has 4 nitrogen and oxygen atoms in total. The van der Waals surface area contributed by atoms with E-state index in [1.165, 1.54) is 11.3 Å². The molecular formula is C26H33Cl3O4S. The Bertz CT molecular complexity index is 941. The van der Waals surface area contributed by atoms with Crippen molar-refractivity contribution in [2.45, 2.75) is 75.9 Å². The molecule has 1 aromatic carbocycles. The highest BCUT2D eigenvalue weighted by molar-refractivity contribution is 7.13. The summed E-state index contributed by atoms with van der Waals surface area (Å²) in [5, 5.41) is 21.8. The Morgan fingerprint density at radius 1 is 1.15 bits per heavy atom. The summed E-state index contributed by atoms with van der Waals surface area (Å²) in [7, 11) is 0. The molecule has 34 heavy (non-hydrogen) atoms. The fraction of sp³-hybridized carbons (Fsp3) is 0.577. The summed E-state index contributed by atoms with van der Waals surface area (Å²) >= 11 is 20.3. The zero-order valence-corrected chi connectivity index (χ0v) is 22.7. The largest absolute Gasteiger partial charge is 0.458 e. The van der Waals surface area contributed by atoms with Gasteiger partial charge in [0.2, 0.25) is 0 Å². The Balaban J connectivity index is 1.50. The number of hydrogen-bond acceptors (Lipinski definition) is 5. The molecule has 1 aliphatic rings. The third-order valence-corrected chi connectivity index (χ3v) is 8.83. The quantitative estimate of drug-likeness (QED) is 0.236. The van der Waals surface area contributed by atoms with Gasteiger partial charge < -0.3 is 14.9 Å². The molecule has 0 spiro atoms. The number of benzene rings is 1. The number of halogens is 3. The number of aliphatic hydroxyl groups is 2. The van der Waals surface area contributed by atoms with Crippen molar-refractivity contribution < 1.29 is 19.7 Å². The first-order valence-corrected chi connectivity index (χ1v) is 13.8. The van der Waals surface area contributed by atoms with E-state index in [0.717, 1.165) is 42.5 Å². The van der Waals surface area contributed by atoms with Gasteiger partial charge in [-0.3, -0.25) is 0 Å². The van der Waals surface area contributed by atoms with Gasteiger partial charge in [0.05, 0.1) is 11.7 Å². The van der Waals surface area contributed by atoms with E-state index in [2.05, 4.69) is 0 Å². The van der Waals surface area contributed by atoms with Crippen molar-refractivity contribution in [3.63, 3.8) is 0 Å². The van der Waals surface area contributed by atoms with Crippen LogP contribution in [0.5, 0.6) is 0 Å². The van der Waals surface area contributed by atoms with Gasteiger partial charge >= 0.3 is 5.97 Å². The zero-order chi connectivity index (χ0) is 24.9. The van der Waals surface area contributed by atoms with E-state index in [9.17, 15) is 15.0 Å². The van der Waals surface area contributed by atoms with E-state index in [0.29, 0.717) is 27.8 Å². The van der Waals surface area contributed by atoms with Gasteiger partial charge in [0, 0.05) is 20.3 Å². The van der Waals surface area contributed by atoms with Crippen LogP contribution in [0.25, 0.3) is 0 Å². The monoisotopic (exact) mass is 546 g/mol. The molecule has 8 heteroatoms. The minimum atomic E-state index is -1.00. The molecule has 2 aromatic rings. The van der Waals surface area contributed by atoms with Crippen LogP contribution in [0.1, 0.15) is 66.1 Å². The number of esters is 1. The van der Waals surface area contributed by atoms with Gasteiger partial charge in [-0.25, -0.2) is 4.79 Å². The first kappa shape index (κ1) is 27.8. The smallest absolute Gasteiger partial charge is 0.348 e. The Morgan fingerprint density at radius 3 is 2.53 bits per heavy atom. The molecule has 0 bridgehead atoms. The summed E-state index contributed by atoms with van der Waals surface area (Å²) < 4.78 is 5.26. The van der Waals surface area contributed by atoms with Crippen molar-refractivity contribution in [3.8, 4) is 0 Å². The lowest BCUT2D eigenvalue weighted by Crippen LogP contribution is -2.30. The summed E-state index contributed by atoms with van der Waals surface area (Å²) in [6, 6.07) is 9.31. The molecule has 2 N–H and O–H groups in total. The maximum Gasteiger partial charge on any atom is 0.348 e. The standard InChI is InChI=1S/C26H33Cl3O4S/c1-3-26(2,32)15-33-25(31)24-10-8-19(34-24)5-4-6-20-21(23(30)14-22(20)29)9-7-16-11-17(27)13-18(28)12-16/h8,10-13,20-23,30,32H,3-7,9,14-15H2,1-2H3/t20-,21-,22-,23-,26?/m1/s1. The van der Waals surface area contributed by atoms with Crippen molar-refractivity contribution in [1.29, 1.82) is 0 Å². The SMILES string of the molecule is CCC(C)(O)COC(=O)c1ccc(CCC[C@@H]2[C@@H](CCc3cc(Cl)cc(Cl)c3)[C@H](O)C[C@H]2Cl)s1. The van der Waals surface area contributed by atoms with Gasteiger partial charge in [-0.05, 0) is 99.6 Å². The minimum absolute atomic E-state index is 0.0144. The molecule has 5 atom stereocenters. The molecule has 0 amide bonds. The molecule has 1 unspecified atom stereocenters. The fourth-order valence-electron chi connectivity index (χ4n) is 4.55. The van der Waals surface area contributed by atoms with Gasteiger partial charge in [0.15, 0.2) is 0 Å². The second-order valence-electron chi connectivity index (χ2n) is 9.55. The average molecular weight is 548 g/mol. The van der Waals surface area contributed by atoms with Crippen LogP contribution in [-0.4, -0.2) is 39.9 Å². The minimum Gasteiger partial charge on any atom is -0.458 e. The summed E-state index contributed by atoms with van der Waals surface area (Å²) in [6.45, 7) is 3.49. The number of aryl methyl sites for hydroxylation is 2. The molecule has 0 radical (unpaired) electrons. The maximum atomic E-state index is 12.3. The summed E-state index contributed by atoms with van der Waals surface area (Å²) in [6.07, 6.45) is 5.06. The topological polar surface area (TPSA) is 66.8 Å². The molecule has 1 aliphatic carbocycles. The molecule has 0 aliphatic heterocycles. The predicted molar refractivity (Wildman–Crippen MR) is 140 cm³/mol. The van der Waals surface area contributed by atoms with Gasteiger partial charge in [-0.15, -0.1) is 22.9 Å². The molecular weight excluding hydrogens is 515 g/mol. The average Bonchev–Trinajstić information content (AvgIpc) is 3.34. The highest BCUT2D eigenvalue weighted by Gasteiger charge is 2.40. The fourth-order valence-corrected chi connectivity index (χ4v) is 6.56. The van der Waals surface area contributed by atoms with Crippen LogP contribution in [0.2, 0.25) is 10.0 Å². The maximum absolute atomic E-state index is 12.3. The van der Waals surface area contributed by atoms with E-state index in [1.54, 1.807) is 19.1 Å². The van der Waals surface area contributed by atoms with Crippen molar-refractivity contribution in [2.75, 3.05) is 6.61 Å². The number of ether oxygens (including phenoxy) is 1. The number of carbonyl (C=O) groups excluding carboxylic acids is 1. The van der Waals surface area contributed by atoms with Crippen molar-refractivity contribution in [1.82, 2.24) is 0 Å². The van der Waals surface area contributed by atoms with Crippen molar-refractivity contribution >= 4 is 52.1 Å². The lowest BCUT2D eigenvalue weighted by Gasteiger charge is -2.23. The summed E-state index contributed by atoms with van der Waals surface area (Å²) in [5.74, 6) is -0.0154. The van der Waals surface area contributed by atoms with Gasteiger partial charge in [0.1, 0.15) is 11.5 Å². The lowest BCUT2D eigenvalue weighted by atomic mass is 9.85.